The van der Waals surface area contributed by atoms with Crippen LogP contribution in [0.3, 0.4) is 0 Å². The molecule has 0 saturated carbocycles. The average molecular weight is 292 g/mol. The molecule has 0 radical (unpaired) electrons. The molecule has 0 saturated heterocycles. The molecule has 2 aromatic heterocycles. The summed E-state index contributed by atoms with van der Waals surface area (Å²) in [6.45, 7) is 1.18. The Labute approximate surface area is 122 Å². The second kappa shape index (κ2) is 6.45. The van der Waals surface area contributed by atoms with E-state index < -0.39 is 11.6 Å². The monoisotopic (exact) mass is 292 g/mol. The largest absolute Gasteiger partial charge is 0.493 e. The van der Waals surface area contributed by atoms with E-state index in [0.717, 1.165) is 0 Å². The maximum atomic E-state index is 13.8. The molecule has 0 fully saturated rings. The molecule has 2 rings (SSSR count). The van der Waals surface area contributed by atoms with Gasteiger partial charge in [-0.15, -0.1) is 0 Å². The Balaban J connectivity index is 2.39. The van der Waals surface area contributed by atoms with E-state index >= 15 is 0 Å². The van der Waals surface area contributed by atoms with Gasteiger partial charge in [0.25, 0.3) is 0 Å². The minimum Gasteiger partial charge on any atom is -0.493 e. The van der Waals surface area contributed by atoms with E-state index in [1.807, 2.05) is 19.0 Å². The molecule has 0 N–H and O–H groups in total. The Kier molecular flexibility index (Phi) is 4.64. The summed E-state index contributed by atoms with van der Waals surface area (Å²) in [7, 11) is 5.28. The van der Waals surface area contributed by atoms with Crippen molar-refractivity contribution in [3.8, 4) is 5.75 Å². The fraction of sp³-hybridized carbons (Fsp3) is 0.357. The number of carbonyl (C=O) groups is 1. The summed E-state index contributed by atoms with van der Waals surface area (Å²) in [5.74, 6) is -0.894. The number of pyridine rings is 1. The van der Waals surface area contributed by atoms with Crippen molar-refractivity contribution in [2.75, 3.05) is 27.7 Å². The standard InChI is InChI=1S/C14H17FN4O2/c1-18(2)7-8-19-13(11(21-3)9-17-19)14(20)12-10(15)5-4-6-16-12/h4-6,9H,7-8H2,1-3H3. The molecule has 0 aliphatic rings. The van der Waals surface area contributed by atoms with E-state index in [9.17, 15) is 9.18 Å². The van der Waals surface area contributed by atoms with Crippen molar-refractivity contribution in [3.63, 3.8) is 0 Å². The number of likely N-dealkylation sites (N-methyl/N-ethyl adjacent to an activating group) is 1. The molecule has 0 spiro atoms. The first-order chi connectivity index (χ1) is 10.0. The van der Waals surface area contributed by atoms with Crippen LogP contribution in [0.15, 0.2) is 24.5 Å². The first kappa shape index (κ1) is 15.1. The highest BCUT2D eigenvalue weighted by atomic mass is 19.1. The quantitative estimate of drug-likeness (QED) is 0.749. The van der Waals surface area contributed by atoms with Crippen molar-refractivity contribution in [1.29, 1.82) is 0 Å². The van der Waals surface area contributed by atoms with Crippen molar-refractivity contribution in [3.05, 3.63) is 41.7 Å². The van der Waals surface area contributed by atoms with Crippen molar-refractivity contribution >= 4 is 5.78 Å². The third-order valence-corrected chi connectivity index (χ3v) is 2.97. The molecular weight excluding hydrogens is 275 g/mol. The summed E-state index contributed by atoms with van der Waals surface area (Å²) in [6, 6.07) is 2.64. The summed E-state index contributed by atoms with van der Waals surface area (Å²) in [5, 5.41) is 4.13. The van der Waals surface area contributed by atoms with Crippen LogP contribution in [0, 0.1) is 5.82 Å². The smallest absolute Gasteiger partial charge is 0.236 e. The number of hydrogen-bond donors (Lipinski definition) is 0. The van der Waals surface area contributed by atoms with Gasteiger partial charge in [0.05, 0.1) is 19.9 Å². The maximum absolute atomic E-state index is 13.8. The van der Waals surface area contributed by atoms with E-state index in [0.29, 0.717) is 18.8 Å². The van der Waals surface area contributed by atoms with Gasteiger partial charge < -0.3 is 9.64 Å². The predicted octanol–water partition coefficient (Wildman–Crippen LogP) is 1.22. The SMILES string of the molecule is COc1cnn(CCN(C)C)c1C(=O)c1ncccc1F. The van der Waals surface area contributed by atoms with Crippen LogP contribution in [-0.2, 0) is 6.54 Å². The first-order valence-electron chi connectivity index (χ1n) is 6.44. The van der Waals surface area contributed by atoms with Crippen LogP contribution in [-0.4, -0.2) is 53.2 Å². The van der Waals surface area contributed by atoms with Crippen molar-refractivity contribution in [1.82, 2.24) is 19.7 Å². The molecule has 2 heterocycles. The fourth-order valence-corrected chi connectivity index (χ4v) is 1.88. The molecule has 7 heteroatoms. The molecule has 0 aromatic carbocycles. The van der Waals surface area contributed by atoms with Gasteiger partial charge in [-0.2, -0.15) is 5.10 Å². The zero-order chi connectivity index (χ0) is 15.4. The van der Waals surface area contributed by atoms with Crippen LogP contribution < -0.4 is 4.74 Å². The highest BCUT2D eigenvalue weighted by Crippen LogP contribution is 2.21. The molecule has 0 atom stereocenters. The van der Waals surface area contributed by atoms with E-state index in [1.54, 1.807) is 0 Å². The lowest BCUT2D eigenvalue weighted by Crippen LogP contribution is -2.22. The van der Waals surface area contributed by atoms with Crippen LogP contribution in [0.25, 0.3) is 0 Å². The van der Waals surface area contributed by atoms with Crippen LogP contribution in [0.4, 0.5) is 4.39 Å². The third kappa shape index (κ3) is 3.25. The topological polar surface area (TPSA) is 60.2 Å². The van der Waals surface area contributed by atoms with Crippen LogP contribution in [0.2, 0.25) is 0 Å². The minimum absolute atomic E-state index is 0.206. The number of nitrogens with zero attached hydrogens (tertiary/aromatic N) is 4. The van der Waals surface area contributed by atoms with Gasteiger partial charge in [-0.25, -0.2) is 9.37 Å². The van der Waals surface area contributed by atoms with Gasteiger partial charge in [-0.3, -0.25) is 9.48 Å². The summed E-state index contributed by atoms with van der Waals surface area (Å²) in [4.78, 5) is 18.3. The van der Waals surface area contributed by atoms with Gasteiger partial charge in [0.15, 0.2) is 17.3 Å². The highest BCUT2D eigenvalue weighted by molar-refractivity contribution is 6.08. The molecule has 0 bridgehead atoms. The maximum Gasteiger partial charge on any atom is 0.236 e. The Morgan fingerprint density at radius 1 is 1.48 bits per heavy atom. The lowest BCUT2D eigenvalue weighted by atomic mass is 10.1. The third-order valence-electron chi connectivity index (χ3n) is 2.97. The Morgan fingerprint density at radius 2 is 2.24 bits per heavy atom. The van der Waals surface area contributed by atoms with Gasteiger partial charge in [-0.05, 0) is 26.2 Å². The van der Waals surface area contributed by atoms with Crippen LogP contribution >= 0.6 is 0 Å². The normalized spacial score (nSPS) is 10.9. The molecule has 21 heavy (non-hydrogen) atoms. The number of halogens is 1. The van der Waals surface area contributed by atoms with Crippen LogP contribution in [0.5, 0.6) is 5.75 Å². The van der Waals surface area contributed by atoms with Crippen molar-refractivity contribution < 1.29 is 13.9 Å². The fourth-order valence-electron chi connectivity index (χ4n) is 1.88. The van der Waals surface area contributed by atoms with E-state index in [1.165, 1.54) is 36.3 Å². The number of methoxy groups -OCH3 is 1. The summed E-state index contributed by atoms with van der Waals surface area (Å²) in [6.07, 6.45) is 2.83. The lowest BCUT2D eigenvalue weighted by Gasteiger charge is -2.12. The molecule has 0 aliphatic heterocycles. The van der Waals surface area contributed by atoms with E-state index in [-0.39, 0.29) is 11.4 Å². The summed E-state index contributed by atoms with van der Waals surface area (Å²) >= 11 is 0. The summed E-state index contributed by atoms with van der Waals surface area (Å²) in [5.41, 5.74) is -0.0284. The molecule has 112 valence electrons. The zero-order valence-electron chi connectivity index (χ0n) is 12.2. The minimum atomic E-state index is -0.662. The van der Waals surface area contributed by atoms with Gasteiger partial charge >= 0.3 is 0 Å². The zero-order valence-corrected chi connectivity index (χ0v) is 12.2. The molecule has 0 unspecified atom stereocenters. The second-order valence-electron chi connectivity index (χ2n) is 4.75. The number of aromatic nitrogens is 3. The second-order valence-corrected chi connectivity index (χ2v) is 4.75. The van der Waals surface area contributed by atoms with Gasteiger partial charge in [0.1, 0.15) is 5.69 Å². The number of ether oxygens (including phenoxy) is 1. The summed E-state index contributed by atoms with van der Waals surface area (Å²) < 4.78 is 20.4. The predicted molar refractivity (Wildman–Crippen MR) is 75.0 cm³/mol. The van der Waals surface area contributed by atoms with Gasteiger partial charge in [0.2, 0.25) is 5.78 Å². The Morgan fingerprint density at radius 3 is 2.86 bits per heavy atom. The molecule has 6 nitrogen and oxygen atoms in total. The molecule has 0 aliphatic carbocycles. The number of ketones is 1. The molecule has 2 aromatic rings. The van der Waals surface area contributed by atoms with Crippen LogP contribution in [0.1, 0.15) is 16.2 Å². The van der Waals surface area contributed by atoms with Crippen molar-refractivity contribution in [2.24, 2.45) is 0 Å². The highest BCUT2D eigenvalue weighted by Gasteiger charge is 2.24. The van der Waals surface area contributed by atoms with E-state index in [4.69, 9.17) is 4.74 Å². The van der Waals surface area contributed by atoms with Gasteiger partial charge in [-0.1, -0.05) is 0 Å². The molecule has 0 amide bonds. The number of carbonyl (C=O) groups excluding carboxylic acids is 1. The number of hydrogen-bond acceptors (Lipinski definition) is 5. The first-order valence-corrected chi connectivity index (χ1v) is 6.44. The van der Waals surface area contributed by atoms with Crippen molar-refractivity contribution in [2.45, 2.75) is 6.54 Å². The van der Waals surface area contributed by atoms with E-state index in [2.05, 4.69) is 10.1 Å². The lowest BCUT2D eigenvalue weighted by molar-refractivity contribution is 0.101. The Hall–Kier alpha value is -2.28. The number of rotatable bonds is 6. The average Bonchev–Trinajstić information content (AvgIpc) is 2.87. The Bertz CT molecular complexity index is 640. The molecular formula is C14H17FN4O2. The van der Waals surface area contributed by atoms with Gasteiger partial charge in [0, 0.05) is 12.7 Å².